The standard InChI is InChI=1S/C12H18N2/c1-5-14(9-10(2)3)12-8-13-7-6-11(12)4/h6-9H,5H2,1-4H3. The zero-order chi connectivity index (χ0) is 10.6. The Morgan fingerprint density at radius 3 is 2.71 bits per heavy atom. The molecule has 76 valence electrons. The van der Waals surface area contributed by atoms with Crippen LogP contribution in [0.4, 0.5) is 5.69 Å². The lowest BCUT2D eigenvalue weighted by molar-refractivity contribution is 0.986. The molecular weight excluding hydrogens is 172 g/mol. The first-order chi connectivity index (χ1) is 6.65. The van der Waals surface area contributed by atoms with Crippen LogP contribution in [-0.2, 0) is 0 Å². The maximum atomic E-state index is 4.15. The van der Waals surface area contributed by atoms with Gasteiger partial charge in [-0.3, -0.25) is 4.98 Å². The Kier molecular flexibility index (Phi) is 3.69. The summed E-state index contributed by atoms with van der Waals surface area (Å²) in [6, 6.07) is 2.04. The Balaban J connectivity index is 3.01. The number of hydrogen-bond donors (Lipinski definition) is 0. The van der Waals surface area contributed by atoms with E-state index in [1.54, 1.807) is 0 Å². The van der Waals surface area contributed by atoms with Crippen molar-refractivity contribution >= 4 is 5.69 Å². The summed E-state index contributed by atoms with van der Waals surface area (Å²) < 4.78 is 0. The molecule has 0 radical (unpaired) electrons. The van der Waals surface area contributed by atoms with Crippen molar-refractivity contribution in [3.63, 3.8) is 0 Å². The Bertz CT molecular complexity index is 325. The van der Waals surface area contributed by atoms with E-state index in [0.717, 1.165) is 6.54 Å². The van der Waals surface area contributed by atoms with Crippen LogP contribution >= 0.6 is 0 Å². The molecule has 1 aromatic rings. The molecule has 0 saturated heterocycles. The van der Waals surface area contributed by atoms with Crippen molar-refractivity contribution in [1.82, 2.24) is 4.98 Å². The van der Waals surface area contributed by atoms with E-state index in [4.69, 9.17) is 0 Å². The Hall–Kier alpha value is -1.31. The molecule has 0 saturated carbocycles. The van der Waals surface area contributed by atoms with Crippen LogP contribution in [0.15, 0.2) is 30.2 Å². The van der Waals surface area contributed by atoms with Gasteiger partial charge in [0.2, 0.25) is 0 Å². The summed E-state index contributed by atoms with van der Waals surface area (Å²) in [7, 11) is 0. The van der Waals surface area contributed by atoms with Gasteiger partial charge in [0.1, 0.15) is 0 Å². The molecule has 0 unspecified atom stereocenters. The fraction of sp³-hybridized carbons (Fsp3) is 0.417. The largest absolute Gasteiger partial charge is 0.347 e. The van der Waals surface area contributed by atoms with Gasteiger partial charge in [-0.1, -0.05) is 5.57 Å². The SMILES string of the molecule is CCN(C=C(C)C)c1cnccc1C. The van der Waals surface area contributed by atoms with Crippen LogP contribution in [0.1, 0.15) is 26.3 Å². The first-order valence-electron chi connectivity index (χ1n) is 4.97. The lowest BCUT2D eigenvalue weighted by atomic mass is 10.2. The van der Waals surface area contributed by atoms with Gasteiger partial charge in [0.05, 0.1) is 11.9 Å². The van der Waals surface area contributed by atoms with Crippen LogP contribution in [0.2, 0.25) is 0 Å². The van der Waals surface area contributed by atoms with Crippen LogP contribution < -0.4 is 4.90 Å². The summed E-state index contributed by atoms with van der Waals surface area (Å²) in [5.41, 5.74) is 3.76. The number of nitrogens with zero attached hydrogens (tertiary/aromatic N) is 2. The van der Waals surface area contributed by atoms with E-state index in [2.05, 4.69) is 43.8 Å². The Labute approximate surface area is 86.3 Å². The van der Waals surface area contributed by atoms with Crippen molar-refractivity contribution in [2.75, 3.05) is 11.4 Å². The van der Waals surface area contributed by atoms with Crippen molar-refractivity contribution in [2.45, 2.75) is 27.7 Å². The van der Waals surface area contributed by atoms with Gasteiger partial charge >= 0.3 is 0 Å². The van der Waals surface area contributed by atoms with Crippen LogP contribution in [0.5, 0.6) is 0 Å². The summed E-state index contributed by atoms with van der Waals surface area (Å²) >= 11 is 0. The quantitative estimate of drug-likeness (QED) is 0.728. The minimum atomic E-state index is 0.970. The lowest BCUT2D eigenvalue weighted by Crippen LogP contribution is -2.16. The average molecular weight is 190 g/mol. The fourth-order valence-corrected chi connectivity index (χ4v) is 1.40. The molecule has 1 heterocycles. The number of aromatic nitrogens is 1. The number of pyridine rings is 1. The monoisotopic (exact) mass is 190 g/mol. The molecule has 0 aliphatic heterocycles. The zero-order valence-electron chi connectivity index (χ0n) is 9.41. The van der Waals surface area contributed by atoms with Gasteiger partial charge in [0, 0.05) is 18.9 Å². The van der Waals surface area contributed by atoms with E-state index in [0.29, 0.717) is 0 Å². The van der Waals surface area contributed by atoms with E-state index < -0.39 is 0 Å². The van der Waals surface area contributed by atoms with Crippen molar-refractivity contribution < 1.29 is 0 Å². The van der Waals surface area contributed by atoms with Crippen molar-refractivity contribution in [2.24, 2.45) is 0 Å². The number of anilines is 1. The van der Waals surface area contributed by atoms with Crippen molar-refractivity contribution in [1.29, 1.82) is 0 Å². The Morgan fingerprint density at radius 2 is 2.21 bits per heavy atom. The number of hydrogen-bond acceptors (Lipinski definition) is 2. The van der Waals surface area contributed by atoms with Crippen LogP contribution in [0.25, 0.3) is 0 Å². The molecule has 1 aromatic heterocycles. The number of aryl methyl sites for hydroxylation is 1. The van der Waals surface area contributed by atoms with Gasteiger partial charge in [-0.15, -0.1) is 0 Å². The van der Waals surface area contributed by atoms with Crippen LogP contribution in [-0.4, -0.2) is 11.5 Å². The van der Waals surface area contributed by atoms with E-state index in [1.807, 2.05) is 18.5 Å². The fourth-order valence-electron chi connectivity index (χ4n) is 1.40. The third-order valence-corrected chi connectivity index (χ3v) is 2.08. The molecule has 1 rings (SSSR count). The smallest absolute Gasteiger partial charge is 0.0622 e. The van der Waals surface area contributed by atoms with Gasteiger partial charge in [-0.05, 0) is 39.3 Å². The minimum Gasteiger partial charge on any atom is -0.347 e. The molecule has 0 aromatic carbocycles. The zero-order valence-corrected chi connectivity index (χ0v) is 9.41. The molecule has 0 fully saturated rings. The molecule has 0 N–H and O–H groups in total. The predicted octanol–water partition coefficient (Wildman–Crippen LogP) is 3.14. The van der Waals surface area contributed by atoms with Gasteiger partial charge in [-0.25, -0.2) is 0 Å². The maximum Gasteiger partial charge on any atom is 0.0622 e. The van der Waals surface area contributed by atoms with Gasteiger partial charge in [0.25, 0.3) is 0 Å². The molecule has 0 amide bonds. The molecule has 0 spiro atoms. The molecule has 0 bridgehead atoms. The highest BCUT2D eigenvalue weighted by Crippen LogP contribution is 2.18. The summed E-state index contributed by atoms with van der Waals surface area (Å²) in [4.78, 5) is 6.37. The molecular formula is C12H18N2. The second-order valence-electron chi connectivity index (χ2n) is 3.65. The second-order valence-corrected chi connectivity index (χ2v) is 3.65. The normalized spacial score (nSPS) is 9.71. The van der Waals surface area contributed by atoms with Gasteiger partial charge < -0.3 is 4.90 Å². The highest BCUT2D eigenvalue weighted by molar-refractivity contribution is 5.53. The third kappa shape index (κ3) is 2.59. The average Bonchev–Trinajstić information content (AvgIpc) is 2.15. The molecule has 2 heteroatoms. The van der Waals surface area contributed by atoms with Gasteiger partial charge in [0.15, 0.2) is 0 Å². The highest BCUT2D eigenvalue weighted by atomic mass is 15.1. The van der Waals surface area contributed by atoms with Crippen LogP contribution in [0, 0.1) is 6.92 Å². The van der Waals surface area contributed by atoms with E-state index in [1.165, 1.54) is 16.8 Å². The molecule has 0 atom stereocenters. The molecule has 14 heavy (non-hydrogen) atoms. The van der Waals surface area contributed by atoms with Crippen molar-refractivity contribution in [3.05, 3.63) is 35.8 Å². The minimum absolute atomic E-state index is 0.970. The summed E-state index contributed by atoms with van der Waals surface area (Å²) in [6.45, 7) is 9.44. The number of allylic oxidation sites excluding steroid dienone is 1. The maximum absolute atomic E-state index is 4.15. The first kappa shape index (κ1) is 10.8. The van der Waals surface area contributed by atoms with Crippen molar-refractivity contribution in [3.8, 4) is 0 Å². The predicted molar refractivity (Wildman–Crippen MR) is 61.4 cm³/mol. The van der Waals surface area contributed by atoms with Crippen LogP contribution in [0.3, 0.4) is 0 Å². The van der Waals surface area contributed by atoms with E-state index in [-0.39, 0.29) is 0 Å². The molecule has 2 nitrogen and oxygen atoms in total. The van der Waals surface area contributed by atoms with E-state index >= 15 is 0 Å². The van der Waals surface area contributed by atoms with Gasteiger partial charge in [-0.2, -0.15) is 0 Å². The third-order valence-electron chi connectivity index (χ3n) is 2.08. The summed E-state index contributed by atoms with van der Waals surface area (Å²) in [5.74, 6) is 0. The highest BCUT2D eigenvalue weighted by Gasteiger charge is 2.03. The lowest BCUT2D eigenvalue weighted by Gasteiger charge is -2.20. The molecule has 0 aliphatic carbocycles. The Morgan fingerprint density at radius 1 is 1.50 bits per heavy atom. The first-order valence-corrected chi connectivity index (χ1v) is 4.97. The van der Waals surface area contributed by atoms with E-state index in [9.17, 15) is 0 Å². The second kappa shape index (κ2) is 4.80. The summed E-state index contributed by atoms with van der Waals surface area (Å²) in [5, 5.41) is 0. The number of rotatable bonds is 3. The topological polar surface area (TPSA) is 16.1 Å². The summed E-state index contributed by atoms with van der Waals surface area (Å²) in [6.07, 6.45) is 5.90. The molecule has 0 aliphatic rings.